The first-order valence-electron chi connectivity index (χ1n) is 9.01. The molecule has 0 atom stereocenters. The molecule has 0 aliphatic rings. The topological polar surface area (TPSA) is 87.7 Å². The highest BCUT2D eigenvalue weighted by molar-refractivity contribution is 7.99. The number of para-hydroxylation sites is 1. The molecule has 2 heterocycles. The van der Waals surface area contributed by atoms with Crippen molar-refractivity contribution >= 4 is 34.3 Å². The maximum Gasteiger partial charge on any atom is 0.261 e. The molecule has 0 fully saturated rings. The molecular weight excluding hydrogens is 384 g/mol. The average Bonchev–Trinajstić information content (AvgIpc) is 2.68. The second kappa shape index (κ2) is 7.89. The van der Waals surface area contributed by atoms with E-state index in [1.165, 1.54) is 11.8 Å². The van der Waals surface area contributed by atoms with Gasteiger partial charge in [0.2, 0.25) is 0 Å². The van der Waals surface area contributed by atoms with E-state index in [1.807, 2.05) is 50.2 Å². The summed E-state index contributed by atoms with van der Waals surface area (Å²) in [5, 5.41) is 4.26. The van der Waals surface area contributed by atoms with Gasteiger partial charge in [0.05, 0.1) is 0 Å². The highest BCUT2D eigenvalue weighted by Crippen LogP contribution is 2.26. The van der Waals surface area contributed by atoms with E-state index in [2.05, 4.69) is 20.3 Å². The van der Waals surface area contributed by atoms with Crippen LogP contribution in [0.5, 0.6) is 0 Å². The predicted molar refractivity (Wildman–Crippen MR) is 115 cm³/mol. The fraction of sp³-hybridized carbons (Fsp3) is 0.0909. The monoisotopic (exact) mass is 402 g/mol. The van der Waals surface area contributed by atoms with Gasteiger partial charge in [-0.25, -0.2) is 9.97 Å². The lowest BCUT2D eigenvalue weighted by atomic mass is 10.1. The van der Waals surface area contributed by atoms with Crippen LogP contribution in [0.3, 0.4) is 0 Å². The Balaban J connectivity index is 1.50. The number of fused-ring (bicyclic) bond motifs is 1. The number of pyridine rings is 1. The molecule has 7 heteroatoms. The zero-order valence-corrected chi connectivity index (χ0v) is 16.7. The number of rotatable bonds is 4. The molecule has 29 heavy (non-hydrogen) atoms. The van der Waals surface area contributed by atoms with Crippen molar-refractivity contribution < 1.29 is 4.79 Å². The predicted octanol–water partition coefficient (Wildman–Crippen LogP) is 4.34. The summed E-state index contributed by atoms with van der Waals surface area (Å²) in [6.07, 6.45) is 0. The summed E-state index contributed by atoms with van der Waals surface area (Å²) in [4.78, 5) is 37.3. The van der Waals surface area contributed by atoms with Gasteiger partial charge < -0.3 is 10.3 Å². The van der Waals surface area contributed by atoms with Crippen LogP contribution in [0, 0.1) is 13.8 Å². The summed E-state index contributed by atoms with van der Waals surface area (Å²) in [7, 11) is 0. The number of nitrogens with zero attached hydrogens (tertiary/aromatic N) is 2. The number of hydrogen-bond donors (Lipinski definition) is 2. The number of nitrogens with one attached hydrogen (secondary N) is 2. The SMILES string of the molecule is Cc1cc(C)nc(Sc2ccc(NC(=O)c3cc4ccccc4[nH]c3=O)cc2)n1. The molecule has 1 amide bonds. The van der Waals surface area contributed by atoms with Crippen LogP contribution in [0.2, 0.25) is 0 Å². The Hall–Kier alpha value is -3.45. The molecule has 0 saturated heterocycles. The van der Waals surface area contributed by atoms with E-state index in [0.717, 1.165) is 21.7 Å². The van der Waals surface area contributed by atoms with Gasteiger partial charge in [-0.15, -0.1) is 0 Å². The Morgan fingerprint density at radius 1 is 0.966 bits per heavy atom. The summed E-state index contributed by atoms with van der Waals surface area (Å²) in [5.74, 6) is -0.449. The maximum atomic E-state index is 12.6. The van der Waals surface area contributed by atoms with Gasteiger partial charge in [0.15, 0.2) is 5.16 Å². The fourth-order valence-electron chi connectivity index (χ4n) is 2.97. The van der Waals surface area contributed by atoms with Crippen LogP contribution in [0.4, 0.5) is 5.69 Å². The van der Waals surface area contributed by atoms with Crippen LogP contribution < -0.4 is 10.9 Å². The van der Waals surface area contributed by atoms with Gasteiger partial charge in [-0.1, -0.05) is 18.2 Å². The number of carbonyl (C=O) groups is 1. The quantitative estimate of drug-likeness (QED) is 0.496. The molecule has 0 radical (unpaired) electrons. The van der Waals surface area contributed by atoms with Crippen molar-refractivity contribution in [2.24, 2.45) is 0 Å². The van der Waals surface area contributed by atoms with E-state index >= 15 is 0 Å². The van der Waals surface area contributed by atoms with Crippen molar-refractivity contribution in [3.05, 3.63) is 88.0 Å². The minimum absolute atomic E-state index is 0.0748. The van der Waals surface area contributed by atoms with Gasteiger partial charge in [-0.05, 0) is 73.5 Å². The molecule has 0 spiro atoms. The minimum atomic E-state index is -0.449. The molecule has 6 nitrogen and oxygen atoms in total. The third-order valence-electron chi connectivity index (χ3n) is 4.28. The van der Waals surface area contributed by atoms with Crippen LogP contribution >= 0.6 is 11.8 Å². The molecular formula is C22H18N4O2S. The lowest BCUT2D eigenvalue weighted by Crippen LogP contribution is -2.22. The van der Waals surface area contributed by atoms with Crippen LogP contribution in [0.25, 0.3) is 10.9 Å². The Bertz CT molecular complexity index is 1250. The third kappa shape index (κ3) is 4.35. The molecule has 0 unspecified atom stereocenters. The van der Waals surface area contributed by atoms with E-state index in [9.17, 15) is 9.59 Å². The molecule has 2 aromatic carbocycles. The number of carbonyl (C=O) groups excluding carboxylic acids is 1. The van der Waals surface area contributed by atoms with Gasteiger partial charge in [0.25, 0.3) is 11.5 Å². The molecule has 0 aliphatic heterocycles. The number of benzene rings is 2. The molecule has 2 N–H and O–H groups in total. The lowest BCUT2D eigenvalue weighted by molar-refractivity contribution is 0.102. The number of aryl methyl sites for hydroxylation is 2. The third-order valence-corrected chi connectivity index (χ3v) is 5.15. The Morgan fingerprint density at radius 2 is 1.66 bits per heavy atom. The molecule has 4 rings (SSSR count). The number of aromatic amines is 1. The molecule has 0 aliphatic carbocycles. The van der Waals surface area contributed by atoms with E-state index in [0.29, 0.717) is 16.4 Å². The number of H-pyrrole nitrogens is 1. The minimum Gasteiger partial charge on any atom is -0.322 e. The molecule has 0 saturated carbocycles. The smallest absolute Gasteiger partial charge is 0.261 e. The largest absolute Gasteiger partial charge is 0.322 e. The highest BCUT2D eigenvalue weighted by atomic mass is 32.2. The Morgan fingerprint density at radius 3 is 2.38 bits per heavy atom. The number of amides is 1. The van der Waals surface area contributed by atoms with Crippen molar-refractivity contribution in [3.63, 3.8) is 0 Å². The van der Waals surface area contributed by atoms with Gasteiger partial charge >= 0.3 is 0 Å². The summed E-state index contributed by atoms with van der Waals surface area (Å²) in [5.41, 5.74) is 2.80. The lowest BCUT2D eigenvalue weighted by Gasteiger charge is -2.07. The van der Waals surface area contributed by atoms with E-state index < -0.39 is 11.5 Å². The molecule has 144 valence electrons. The van der Waals surface area contributed by atoms with E-state index in [4.69, 9.17) is 0 Å². The second-order valence-electron chi connectivity index (χ2n) is 6.61. The first-order valence-corrected chi connectivity index (χ1v) is 9.83. The first kappa shape index (κ1) is 18.9. The van der Waals surface area contributed by atoms with Crippen LogP contribution in [0.15, 0.2) is 75.5 Å². The molecule has 4 aromatic rings. The number of anilines is 1. The summed E-state index contributed by atoms with van der Waals surface area (Å²) < 4.78 is 0. The first-order chi connectivity index (χ1) is 14.0. The standard InChI is InChI=1S/C22H18N4O2S/c1-13-11-14(2)24-22(23-13)29-17-9-7-16(8-10-17)25-20(27)18-12-15-5-3-4-6-19(15)26-21(18)28/h3-12H,1-2H3,(H,25,27)(H,26,28). The van der Waals surface area contributed by atoms with E-state index in [-0.39, 0.29) is 5.56 Å². The van der Waals surface area contributed by atoms with Crippen molar-refractivity contribution in [3.8, 4) is 0 Å². The van der Waals surface area contributed by atoms with Gasteiger partial charge in [0, 0.05) is 27.5 Å². The maximum absolute atomic E-state index is 12.6. The van der Waals surface area contributed by atoms with Crippen LogP contribution in [-0.2, 0) is 0 Å². The van der Waals surface area contributed by atoms with Crippen molar-refractivity contribution in [1.82, 2.24) is 15.0 Å². The van der Waals surface area contributed by atoms with Crippen molar-refractivity contribution in [2.45, 2.75) is 23.9 Å². The van der Waals surface area contributed by atoms with Gasteiger partial charge in [-0.2, -0.15) is 0 Å². The zero-order chi connectivity index (χ0) is 20.4. The fourth-order valence-corrected chi connectivity index (χ4v) is 3.83. The van der Waals surface area contributed by atoms with Crippen LogP contribution in [-0.4, -0.2) is 20.9 Å². The number of hydrogen-bond acceptors (Lipinski definition) is 5. The second-order valence-corrected chi connectivity index (χ2v) is 7.65. The van der Waals surface area contributed by atoms with Crippen LogP contribution in [0.1, 0.15) is 21.7 Å². The molecule has 2 aromatic heterocycles. The van der Waals surface area contributed by atoms with Crippen molar-refractivity contribution in [1.29, 1.82) is 0 Å². The Labute approximate surface area is 171 Å². The van der Waals surface area contributed by atoms with Gasteiger partial charge in [-0.3, -0.25) is 9.59 Å². The van der Waals surface area contributed by atoms with Crippen molar-refractivity contribution in [2.75, 3.05) is 5.32 Å². The van der Waals surface area contributed by atoms with Gasteiger partial charge in [0.1, 0.15) is 5.56 Å². The average molecular weight is 402 g/mol. The highest BCUT2D eigenvalue weighted by Gasteiger charge is 2.12. The molecule has 0 bridgehead atoms. The normalized spacial score (nSPS) is 10.8. The summed E-state index contributed by atoms with van der Waals surface area (Å²) in [6.45, 7) is 3.87. The number of aromatic nitrogens is 3. The summed E-state index contributed by atoms with van der Waals surface area (Å²) in [6, 6.07) is 18.2. The summed E-state index contributed by atoms with van der Waals surface area (Å²) >= 11 is 1.45. The zero-order valence-electron chi connectivity index (χ0n) is 15.9. The Kier molecular flexibility index (Phi) is 5.14. The van der Waals surface area contributed by atoms with E-state index in [1.54, 1.807) is 24.3 Å².